The lowest BCUT2D eigenvalue weighted by molar-refractivity contribution is 0.467. The minimum atomic E-state index is 0.566. The monoisotopic (exact) mass is 208 g/mol. The molecule has 0 radical (unpaired) electrons. The van der Waals surface area contributed by atoms with E-state index >= 15 is 0 Å². The number of anilines is 1. The van der Waals surface area contributed by atoms with Crippen molar-refractivity contribution in [2.75, 3.05) is 18.5 Å². The summed E-state index contributed by atoms with van der Waals surface area (Å²) >= 11 is 0. The van der Waals surface area contributed by atoms with E-state index in [0.717, 1.165) is 12.5 Å². The number of hydrogen-bond acceptors (Lipinski definition) is 3. The van der Waals surface area contributed by atoms with Gasteiger partial charge in [0.05, 0.1) is 0 Å². The molecule has 1 aliphatic rings. The maximum Gasteiger partial charge on any atom is 0.205 e. The van der Waals surface area contributed by atoms with Crippen LogP contribution in [0, 0.1) is 5.92 Å². The molecule has 0 spiro atoms. The summed E-state index contributed by atoms with van der Waals surface area (Å²) in [5.41, 5.74) is 5.80. The highest BCUT2D eigenvalue weighted by molar-refractivity contribution is 5.32. The summed E-state index contributed by atoms with van der Waals surface area (Å²) < 4.78 is 2.06. The van der Waals surface area contributed by atoms with E-state index in [9.17, 15) is 0 Å². The summed E-state index contributed by atoms with van der Waals surface area (Å²) in [5, 5.41) is 0. The van der Waals surface area contributed by atoms with E-state index in [0.29, 0.717) is 12.0 Å². The Morgan fingerprint density at radius 2 is 2.40 bits per heavy atom. The topological polar surface area (TPSA) is 47.1 Å². The molecule has 1 aromatic rings. The molecule has 0 aliphatic heterocycles. The number of nitrogens with two attached hydrogens (primary N) is 1. The first kappa shape index (κ1) is 10.5. The van der Waals surface area contributed by atoms with Gasteiger partial charge in [-0.3, -0.25) is 0 Å². The maximum absolute atomic E-state index is 5.80. The predicted octanol–water partition coefficient (Wildman–Crippen LogP) is 0.984. The second-order valence-electron chi connectivity index (χ2n) is 4.44. The minimum Gasteiger partial charge on any atom is -0.342 e. The average molecular weight is 208 g/mol. The minimum absolute atomic E-state index is 0.566. The number of hydrogen-bond donors (Lipinski definition) is 1. The van der Waals surface area contributed by atoms with Crippen molar-refractivity contribution < 1.29 is 0 Å². The molecule has 2 atom stereocenters. The molecule has 0 bridgehead atoms. The third-order valence-corrected chi connectivity index (χ3v) is 3.53. The Morgan fingerprint density at radius 1 is 1.60 bits per heavy atom. The van der Waals surface area contributed by atoms with Gasteiger partial charge < -0.3 is 15.2 Å². The number of aryl methyl sites for hydroxylation is 1. The van der Waals surface area contributed by atoms with E-state index in [1.165, 1.54) is 19.3 Å². The van der Waals surface area contributed by atoms with E-state index in [-0.39, 0.29) is 0 Å². The quantitative estimate of drug-likeness (QED) is 0.805. The molecule has 2 rings (SSSR count). The number of rotatable bonds is 3. The van der Waals surface area contributed by atoms with Crippen molar-refractivity contribution in [3.05, 3.63) is 12.4 Å². The van der Waals surface area contributed by atoms with Gasteiger partial charge in [0.1, 0.15) is 0 Å². The molecule has 1 fully saturated rings. The van der Waals surface area contributed by atoms with Crippen LogP contribution in [0.25, 0.3) is 0 Å². The van der Waals surface area contributed by atoms with Crippen LogP contribution in [0.3, 0.4) is 0 Å². The molecule has 0 amide bonds. The first-order valence-corrected chi connectivity index (χ1v) is 5.64. The zero-order chi connectivity index (χ0) is 10.8. The zero-order valence-electron chi connectivity index (χ0n) is 9.56. The van der Waals surface area contributed by atoms with Crippen LogP contribution in [0.2, 0.25) is 0 Å². The van der Waals surface area contributed by atoms with Gasteiger partial charge in [-0.25, -0.2) is 4.98 Å². The van der Waals surface area contributed by atoms with Crippen LogP contribution < -0.4 is 10.6 Å². The second kappa shape index (κ2) is 4.23. The van der Waals surface area contributed by atoms with Crippen molar-refractivity contribution in [1.82, 2.24) is 9.55 Å². The standard InChI is InChI=1S/C11H20N4/c1-14-7-6-13-11(14)15(2)10-5-3-4-9(10)8-12/h6-7,9-10H,3-5,8,12H2,1-2H3. The normalized spacial score (nSPS) is 25.8. The van der Waals surface area contributed by atoms with Gasteiger partial charge in [0.25, 0.3) is 0 Å². The maximum atomic E-state index is 5.80. The summed E-state index contributed by atoms with van der Waals surface area (Å²) in [4.78, 5) is 6.66. The van der Waals surface area contributed by atoms with Crippen LogP contribution in [0.5, 0.6) is 0 Å². The van der Waals surface area contributed by atoms with Gasteiger partial charge >= 0.3 is 0 Å². The predicted molar refractivity (Wildman–Crippen MR) is 61.8 cm³/mol. The van der Waals surface area contributed by atoms with Crippen molar-refractivity contribution in [3.8, 4) is 0 Å². The third-order valence-electron chi connectivity index (χ3n) is 3.53. The Bertz CT molecular complexity index is 320. The van der Waals surface area contributed by atoms with E-state index in [1.807, 2.05) is 19.4 Å². The second-order valence-corrected chi connectivity index (χ2v) is 4.44. The molecule has 1 aromatic heterocycles. The van der Waals surface area contributed by atoms with Crippen molar-refractivity contribution in [2.45, 2.75) is 25.3 Å². The smallest absolute Gasteiger partial charge is 0.205 e. The van der Waals surface area contributed by atoms with Crippen LogP contribution in [-0.4, -0.2) is 29.2 Å². The number of nitrogens with zero attached hydrogens (tertiary/aromatic N) is 3. The van der Waals surface area contributed by atoms with Crippen LogP contribution in [0.4, 0.5) is 5.95 Å². The van der Waals surface area contributed by atoms with Crippen molar-refractivity contribution in [2.24, 2.45) is 18.7 Å². The molecule has 4 heteroatoms. The summed E-state index contributed by atoms with van der Waals surface area (Å²) in [5.74, 6) is 1.67. The average Bonchev–Trinajstić information content (AvgIpc) is 2.84. The van der Waals surface area contributed by atoms with Gasteiger partial charge in [-0.15, -0.1) is 0 Å². The van der Waals surface area contributed by atoms with Crippen molar-refractivity contribution in [1.29, 1.82) is 0 Å². The highest BCUT2D eigenvalue weighted by atomic mass is 15.3. The Hall–Kier alpha value is -1.03. The molecule has 2 N–H and O–H groups in total. The van der Waals surface area contributed by atoms with Gasteiger partial charge in [0.2, 0.25) is 5.95 Å². The Balaban J connectivity index is 2.13. The zero-order valence-corrected chi connectivity index (χ0v) is 9.56. The van der Waals surface area contributed by atoms with E-state index < -0.39 is 0 Å². The van der Waals surface area contributed by atoms with E-state index in [2.05, 4.69) is 21.5 Å². The fourth-order valence-corrected chi connectivity index (χ4v) is 2.65. The van der Waals surface area contributed by atoms with E-state index in [1.54, 1.807) is 0 Å². The summed E-state index contributed by atoms with van der Waals surface area (Å²) in [6.07, 6.45) is 7.62. The van der Waals surface area contributed by atoms with Gasteiger partial charge in [-0.2, -0.15) is 0 Å². The Labute approximate surface area is 91.1 Å². The number of aromatic nitrogens is 2. The van der Waals surface area contributed by atoms with Crippen LogP contribution in [-0.2, 0) is 7.05 Å². The van der Waals surface area contributed by atoms with Gasteiger partial charge in [0.15, 0.2) is 0 Å². The highest BCUT2D eigenvalue weighted by Gasteiger charge is 2.30. The fourth-order valence-electron chi connectivity index (χ4n) is 2.65. The summed E-state index contributed by atoms with van der Waals surface area (Å²) in [7, 11) is 4.16. The highest BCUT2D eigenvalue weighted by Crippen LogP contribution is 2.30. The molecular weight excluding hydrogens is 188 g/mol. The molecular formula is C11H20N4. The van der Waals surface area contributed by atoms with Gasteiger partial charge in [-0.05, 0) is 25.3 Å². The summed E-state index contributed by atoms with van der Waals surface area (Å²) in [6, 6.07) is 0.566. The molecule has 15 heavy (non-hydrogen) atoms. The van der Waals surface area contributed by atoms with Crippen LogP contribution >= 0.6 is 0 Å². The number of imidazole rings is 1. The van der Waals surface area contributed by atoms with Crippen LogP contribution in [0.1, 0.15) is 19.3 Å². The SMILES string of the molecule is CN(c1nccn1C)C1CCCC1CN. The Kier molecular flexibility index (Phi) is 2.95. The lowest BCUT2D eigenvalue weighted by Gasteiger charge is -2.29. The molecule has 1 heterocycles. The van der Waals surface area contributed by atoms with Crippen molar-refractivity contribution in [3.63, 3.8) is 0 Å². The van der Waals surface area contributed by atoms with Gasteiger partial charge in [-0.1, -0.05) is 6.42 Å². The molecule has 1 aliphatic carbocycles. The molecule has 1 saturated carbocycles. The summed E-state index contributed by atoms with van der Waals surface area (Å²) in [6.45, 7) is 0.791. The Morgan fingerprint density at radius 3 is 3.00 bits per heavy atom. The molecule has 0 saturated heterocycles. The van der Waals surface area contributed by atoms with Crippen LogP contribution in [0.15, 0.2) is 12.4 Å². The lowest BCUT2D eigenvalue weighted by Crippen LogP contribution is -2.39. The lowest BCUT2D eigenvalue weighted by atomic mass is 10.0. The molecule has 0 aromatic carbocycles. The fraction of sp³-hybridized carbons (Fsp3) is 0.727. The molecule has 4 nitrogen and oxygen atoms in total. The molecule has 84 valence electrons. The van der Waals surface area contributed by atoms with E-state index in [4.69, 9.17) is 5.73 Å². The van der Waals surface area contributed by atoms with Crippen molar-refractivity contribution >= 4 is 5.95 Å². The first-order valence-electron chi connectivity index (χ1n) is 5.64. The largest absolute Gasteiger partial charge is 0.342 e. The molecule has 2 unspecified atom stereocenters. The third kappa shape index (κ3) is 1.86. The van der Waals surface area contributed by atoms with Gasteiger partial charge in [0, 0.05) is 32.5 Å². The first-order chi connectivity index (χ1) is 7.24.